The topological polar surface area (TPSA) is 71.9 Å². The fourth-order valence-corrected chi connectivity index (χ4v) is 5.40. The summed E-state index contributed by atoms with van der Waals surface area (Å²) >= 11 is 3.70. The molecule has 31 heavy (non-hydrogen) atoms. The molecule has 1 N–H and O–H groups in total. The van der Waals surface area contributed by atoms with Crippen molar-refractivity contribution in [2.75, 3.05) is 18.0 Å². The van der Waals surface area contributed by atoms with Crippen LogP contribution in [0.3, 0.4) is 0 Å². The lowest BCUT2D eigenvalue weighted by atomic mass is 9.63. The molecule has 1 saturated heterocycles. The molecule has 7 heteroatoms. The summed E-state index contributed by atoms with van der Waals surface area (Å²) in [5.74, 6) is -0.410. The van der Waals surface area contributed by atoms with Crippen LogP contribution in [0.1, 0.15) is 89.8 Å². The van der Waals surface area contributed by atoms with Crippen LogP contribution in [0, 0.1) is 12.3 Å². The predicted octanol–water partition coefficient (Wildman–Crippen LogP) is 5.22. The summed E-state index contributed by atoms with van der Waals surface area (Å²) in [5, 5.41) is 9.91. The summed E-state index contributed by atoms with van der Waals surface area (Å²) in [4.78, 5) is 20.1. The SMILES string of the molecule is Cc1nc(CO)c(Br)c(N2CCC3(CCC3)CC2)c1[C@H](OC(C)(C)C)C(=O)OC(C)C. The van der Waals surface area contributed by atoms with E-state index in [2.05, 4.69) is 25.8 Å². The summed E-state index contributed by atoms with van der Waals surface area (Å²) in [6.07, 6.45) is 5.13. The summed E-state index contributed by atoms with van der Waals surface area (Å²) in [6, 6.07) is 0. The van der Waals surface area contributed by atoms with E-state index >= 15 is 0 Å². The highest BCUT2D eigenvalue weighted by Gasteiger charge is 2.42. The Labute approximate surface area is 194 Å². The van der Waals surface area contributed by atoms with Crippen LogP contribution in [0.25, 0.3) is 0 Å². The summed E-state index contributed by atoms with van der Waals surface area (Å²) in [7, 11) is 0. The normalized spacial score (nSPS) is 19.5. The third kappa shape index (κ3) is 5.42. The zero-order valence-electron chi connectivity index (χ0n) is 19.8. The van der Waals surface area contributed by atoms with Crippen LogP contribution in [-0.4, -0.2) is 40.9 Å². The van der Waals surface area contributed by atoms with Gasteiger partial charge >= 0.3 is 5.97 Å². The molecular formula is C24H37BrN2O4. The molecule has 0 bridgehead atoms. The van der Waals surface area contributed by atoms with E-state index in [0.29, 0.717) is 16.8 Å². The maximum atomic E-state index is 13.2. The lowest BCUT2D eigenvalue weighted by Crippen LogP contribution is -2.44. The molecule has 2 heterocycles. The first kappa shape index (κ1) is 24.5. The fourth-order valence-electron chi connectivity index (χ4n) is 4.72. The Morgan fingerprint density at radius 3 is 2.29 bits per heavy atom. The maximum absolute atomic E-state index is 13.2. The molecule has 1 aromatic rings. The smallest absolute Gasteiger partial charge is 0.340 e. The molecule has 3 rings (SSSR count). The van der Waals surface area contributed by atoms with E-state index in [1.165, 1.54) is 19.3 Å². The van der Waals surface area contributed by atoms with E-state index in [1.807, 2.05) is 41.5 Å². The quantitative estimate of drug-likeness (QED) is 0.544. The Morgan fingerprint density at radius 2 is 1.84 bits per heavy atom. The van der Waals surface area contributed by atoms with Gasteiger partial charge in [0.15, 0.2) is 6.10 Å². The third-order valence-corrected chi connectivity index (χ3v) is 7.25. The minimum Gasteiger partial charge on any atom is -0.461 e. The second-order valence-electron chi connectivity index (χ2n) is 10.3. The monoisotopic (exact) mass is 496 g/mol. The van der Waals surface area contributed by atoms with E-state index < -0.39 is 17.7 Å². The van der Waals surface area contributed by atoms with Gasteiger partial charge in [-0.2, -0.15) is 0 Å². The van der Waals surface area contributed by atoms with Gasteiger partial charge < -0.3 is 19.5 Å². The highest BCUT2D eigenvalue weighted by atomic mass is 79.9. The number of aliphatic hydroxyl groups excluding tert-OH is 1. The molecule has 0 unspecified atom stereocenters. The number of hydrogen-bond acceptors (Lipinski definition) is 6. The first-order valence-corrected chi connectivity index (χ1v) is 12.2. The minimum absolute atomic E-state index is 0.173. The van der Waals surface area contributed by atoms with Crippen LogP contribution in [0.15, 0.2) is 4.47 Å². The molecule has 2 aliphatic rings. The summed E-state index contributed by atoms with van der Waals surface area (Å²) in [6.45, 7) is 13.0. The number of esters is 1. The first-order valence-electron chi connectivity index (χ1n) is 11.4. The van der Waals surface area contributed by atoms with Crippen molar-refractivity contribution in [2.45, 2.75) is 98.1 Å². The van der Waals surface area contributed by atoms with Crippen molar-refractivity contribution in [3.05, 3.63) is 21.4 Å². The molecule has 1 aliphatic heterocycles. The fraction of sp³-hybridized carbons (Fsp3) is 0.750. The lowest BCUT2D eigenvalue weighted by molar-refractivity contribution is -0.171. The van der Waals surface area contributed by atoms with E-state index in [-0.39, 0.29) is 12.7 Å². The number of aromatic nitrogens is 1. The second kappa shape index (κ2) is 9.36. The highest BCUT2D eigenvalue weighted by Crippen LogP contribution is 2.51. The number of aliphatic hydroxyl groups is 1. The number of nitrogens with zero attached hydrogens (tertiary/aromatic N) is 2. The molecular weight excluding hydrogens is 460 g/mol. The van der Waals surface area contributed by atoms with Crippen molar-refractivity contribution in [2.24, 2.45) is 5.41 Å². The van der Waals surface area contributed by atoms with E-state index in [4.69, 9.17) is 9.47 Å². The lowest BCUT2D eigenvalue weighted by Gasteiger charge is -2.49. The number of hydrogen-bond donors (Lipinski definition) is 1. The van der Waals surface area contributed by atoms with Gasteiger partial charge in [0.2, 0.25) is 0 Å². The third-order valence-electron chi connectivity index (χ3n) is 6.41. The standard InChI is InChI=1S/C24H37BrN2O4/c1-15(2)30-22(29)21(31-23(4,5)6)18-16(3)26-17(14-28)19(25)20(18)27-12-10-24(11-13-27)8-7-9-24/h15,21,28H,7-14H2,1-6H3/t21-/m0/s1. The molecule has 1 aliphatic carbocycles. The average molecular weight is 497 g/mol. The minimum atomic E-state index is -0.895. The van der Waals surface area contributed by atoms with Crippen molar-refractivity contribution in [1.82, 2.24) is 4.98 Å². The molecule has 6 nitrogen and oxygen atoms in total. The van der Waals surface area contributed by atoms with Gasteiger partial charge in [-0.25, -0.2) is 4.79 Å². The number of piperidine rings is 1. The van der Waals surface area contributed by atoms with Gasteiger partial charge in [-0.1, -0.05) is 6.42 Å². The molecule has 174 valence electrons. The number of carbonyl (C=O) groups is 1. The van der Waals surface area contributed by atoms with E-state index in [1.54, 1.807) is 0 Å². The van der Waals surface area contributed by atoms with E-state index in [9.17, 15) is 9.90 Å². The average Bonchev–Trinajstić information content (AvgIpc) is 2.65. The van der Waals surface area contributed by atoms with Gasteiger partial charge in [-0.15, -0.1) is 0 Å². The van der Waals surface area contributed by atoms with Crippen molar-refractivity contribution in [1.29, 1.82) is 0 Å². The Balaban J connectivity index is 2.07. The Bertz CT molecular complexity index is 805. The van der Waals surface area contributed by atoms with Crippen molar-refractivity contribution < 1.29 is 19.4 Å². The number of aryl methyl sites for hydroxylation is 1. The summed E-state index contributed by atoms with van der Waals surface area (Å²) < 4.78 is 12.6. The highest BCUT2D eigenvalue weighted by molar-refractivity contribution is 9.10. The van der Waals surface area contributed by atoms with Gasteiger partial charge in [0, 0.05) is 24.3 Å². The molecule has 2 fully saturated rings. The Kier molecular flexibility index (Phi) is 7.38. The van der Waals surface area contributed by atoms with E-state index in [0.717, 1.165) is 41.7 Å². The van der Waals surface area contributed by atoms with Crippen LogP contribution in [0.2, 0.25) is 0 Å². The molecule has 1 saturated carbocycles. The number of pyridine rings is 1. The number of halogens is 1. The summed E-state index contributed by atoms with van der Waals surface area (Å²) in [5.41, 5.74) is 2.84. The van der Waals surface area contributed by atoms with Crippen molar-refractivity contribution in [3.8, 4) is 0 Å². The predicted molar refractivity (Wildman–Crippen MR) is 125 cm³/mol. The molecule has 0 aromatic carbocycles. The van der Waals surface area contributed by atoms with Crippen LogP contribution in [-0.2, 0) is 20.9 Å². The first-order chi connectivity index (χ1) is 14.5. The molecule has 0 amide bonds. The molecule has 1 aromatic heterocycles. The number of ether oxygens (including phenoxy) is 2. The van der Waals surface area contributed by atoms with Crippen molar-refractivity contribution >= 4 is 27.6 Å². The Morgan fingerprint density at radius 1 is 1.23 bits per heavy atom. The molecule has 0 radical (unpaired) electrons. The largest absolute Gasteiger partial charge is 0.461 e. The van der Waals surface area contributed by atoms with Gasteiger partial charge in [0.05, 0.1) is 34.2 Å². The van der Waals surface area contributed by atoms with Gasteiger partial charge in [0.25, 0.3) is 0 Å². The van der Waals surface area contributed by atoms with Crippen LogP contribution in [0.5, 0.6) is 0 Å². The van der Waals surface area contributed by atoms with Crippen LogP contribution in [0.4, 0.5) is 5.69 Å². The maximum Gasteiger partial charge on any atom is 0.340 e. The second-order valence-corrected chi connectivity index (χ2v) is 11.1. The van der Waals surface area contributed by atoms with Crippen LogP contribution >= 0.6 is 15.9 Å². The van der Waals surface area contributed by atoms with Gasteiger partial charge in [-0.3, -0.25) is 4.98 Å². The number of carbonyl (C=O) groups excluding carboxylic acids is 1. The Hall–Kier alpha value is -1.18. The number of rotatable bonds is 6. The molecule has 1 atom stereocenters. The number of anilines is 1. The van der Waals surface area contributed by atoms with Gasteiger partial charge in [0.1, 0.15) is 0 Å². The zero-order valence-corrected chi connectivity index (χ0v) is 21.3. The molecule has 1 spiro atoms. The van der Waals surface area contributed by atoms with Crippen molar-refractivity contribution in [3.63, 3.8) is 0 Å². The van der Waals surface area contributed by atoms with Crippen LogP contribution < -0.4 is 4.90 Å². The van der Waals surface area contributed by atoms with Gasteiger partial charge in [-0.05, 0) is 88.6 Å². The zero-order chi connectivity index (χ0) is 23.0.